The monoisotopic (exact) mass is 275 g/mol. The molecule has 1 aromatic rings. The maximum Gasteiger partial charge on any atom is 0.163 e. The van der Waals surface area contributed by atoms with Gasteiger partial charge in [0, 0.05) is 4.47 Å². The highest BCUT2D eigenvalue weighted by molar-refractivity contribution is 9.10. The molecule has 0 heterocycles. The third-order valence-electron chi connectivity index (χ3n) is 1.79. The highest BCUT2D eigenvalue weighted by atomic mass is 79.9. The standard InChI is InChI=1S/C10H11BrFNO2/c1-6(14)8-4-7(11)5-9(13)10(8)15-3-2-12/h4-5H,2-3,13H2,1H3. The Labute approximate surface area is 95.5 Å². The zero-order chi connectivity index (χ0) is 11.4. The number of carbonyl (C=O) groups is 1. The summed E-state index contributed by atoms with van der Waals surface area (Å²) in [6.45, 7) is 0.683. The average Bonchev–Trinajstić information content (AvgIpc) is 2.15. The van der Waals surface area contributed by atoms with E-state index in [0.717, 1.165) is 0 Å². The molecule has 3 nitrogen and oxygen atoms in total. The Hall–Kier alpha value is -1.10. The normalized spacial score (nSPS) is 10.1. The Morgan fingerprint density at radius 1 is 1.60 bits per heavy atom. The van der Waals surface area contributed by atoms with Gasteiger partial charge in [0.15, 0.2) is 11.5 Å². The van der Waals surface area contributed by atoms with Crippen molar-refractivity contribution in [1.82, 2.24) is 0 Å². The van der Waals surface area contributed by atoms with E-state index in [1.165, 1.54) is 6.92 Å². The van der Waals surface area contributed by atoms with Crippen molar-refractivity contribution >= 4 is 27.4 Å². The second-order valence-corrected chi connectivity index (χ2v) is 3.88. The number of nitrogen functional groups attached to an aromatic ring is 1. The van der Waals surface area contributed by atoms with E-state index in [9.17, 15) is 9.18 Å². The van der Waals surface area contributed by atoms with Gasteiger partial charge < -0.3 is 10.5 Å². The van der Waals surface area contributed by atoms with E-state index in [-0.39, 0.29) is 18.1 Å². The molecule has 0 radical (unpaired) electrons. The van der Waals surface area contributed by atoms with E-state index in [1.807, 2.05) is 0 Å². The molecule has 0 aliphatic heterocycles. The number of Topliss-reactive ketones (excluding diaryl/α,β-unsaturated/α-hetero) is 1. The first-order chi connectivity index (χ1) is 7.06. The molecule has 0 amide bonds. The van der Waals surface area contributed by atoms with Gasteiger partial charge in [0.1, 0.15) is 13.3 Å². The first-order valence-corrected chi connectivity index (χ1v) is 5.14. The lowest BCUT2D eigenvalue weighted by Gasteiger charge is -2.11. The number of ketones is 1. The van der Waals surface area contributed by atoms with E-state index in [4.69, 9.17) is 10.5 Å². The number of hydrogen-bond donors (Lipinski definition) is 1. The number of ether oxygens (including phenoxy) is 1. The third-order valence-corrected chi connectivity index (χ3v) is 2.24. The van der Waals surface area contributed by atoms with Gasteiger partial charge in [0.2, 0.25) is 0 Å². The zero-order valence-electron chi connectivity index (χ0n) is 8.22. The molecule has 1 rings (SSSR count). The Bertz CT molecular complexity index is 382. The van der Waals surface area contributed by atoms with Crippen LogP contribution in [0.4, 0.5) is 10.1 Å². The van der Waals surface area contributed by atoms with Crippen molar-refractivity contribution in [3.63, 3.8) is 0 Å². The van der Waals surface area contributed by atoms with Crippen LogP contribution in [-0.2, 0) is 0 Å². The van der Waals surface area contributed by atoms with Crippen molar-refractivity contribution in [3.8, 4) is 5.75 Å². The number of anilines is 1. The highest BCUT2D eigenvalue weighted by Gasteiger charge is 2.13. The van der Waals surface area contributed by atoms with Crippen LogP contribution in [-0.4, -0.2) is 19.1 Å². The van der Waals surface area contributed by atoms with Crippen LogP contribution < -0.4 is 10.5 Å². The van der Waals surface area contributed by atoms with Crippen LogP contribution in [0.5, 0.6) is 5.75 Å². The number of nitrogens with two attached hydrogens (primary N) is 1. The average molecular weight is 276 g/mol. The Morgan fingerprint density at radius 3 is 2.80 bits per heavy atom. The molecule has 0 unspecified atom stereocenters. The van der Waals surface area contributed by atoms with Crippen molar-refractivity contribution in [2.45, 2.75) is 6.92 Å². The molecule has 0 spiro atoms. The third kappa shape index (κ3) is 2.92. The van der Waals surface area contributed by atoms with Gasteiger partial charge in [-0.3, -0.25) is 4.79 Å². The number of rotatable bonds is 4. The largest absolute Gasteiger partial charge is 0.488 e. The van der Waals surface area contributed by atoms with E-state index in [0.29, 0.717) is 15.7 Å². The van der Waals surface area contributed by atoms with Gasteiger partial charge in [-0.2, -0.15) is 0 Å². The van der Waals surface area contributed by atoms with Crippen LogP contribution in [0.25, 0.3) is 0 Å². The first-order valence-electron chi connectivity index (χ1n) is 4.35. The minimum absolute atomic E-state index is 0.105. The second-order valence-electron chi connectivity index (χ2n) is 2.97. The molecule has 0 fully saturated rings. The maximum absolute atomic E-state index is 12.0. The lowest BCUT2D eigenvalue weighted by atomic mass is 10.1. The van der Waals surface area contributed by atoms with Crippen LogP contribution in [0.3, 0.4) is 0 Å². The second kappa shape index (κ2) is 5.11. The minimum atomic E-state index is -0.618. The quantitative estimate of drug-likeness (QED) is 0.679. The topological polar surface area (TPSA) is 52.3 Å². The molecule has 1 aromatic carbocycles. The van der Waals surface area contributed by atoms with E-state index in [1.54, 1.807) is 12.1 Å². The molecule has 2 N–H and O–H groups in total. The summed E-state index contributed by atoms with van der Waals surface area (Å²) in [6.07, 6.45) is 0. The smallest absolute Gasteiger partial charge is 0.163 e. The Morgan fingerprint density at radius 2 is 2.27 bits per heavy atom. The van der Waals surface area contributed by atoms with Gasteiger partial charge in [-0.05, 0) is 19.1 Å². The number of carbonyl (C=O) groups excluding carboxylic acids is 1. The Kier molecular flexibility index (Phi) is 4.08. The van der Waals surface area contributed by atoms with Gasteiger partial charge in [-0.25, -0.2) is 4.39 Å². The van der Waals surface area contributed by atoms with E-state index < -0.39 is 6.67 Å². The SMILES string of the molecule is CC(=O)c1cc(Br)cc(N)c1OCCF. The van der Waals surface area contributed by atoms with Gasteiger partial charge in [-0.15, -0.1) is 0 Å². The van der Waals surface area contributed by atoms with Gasteiger partial charge in [0.25, 0.3) is 0 Å². The van der Waals surface area contributed by atoms with Crippen molar-refractivity contribution in [2.24, 2.45) is 0 Å². The van der Waals surface area contributed by atoms with Crippen LogP contribution in [0.15, 0.2) is 16.6 Å². The molecule has 0 aliphatic rings. The van der Waals surface area contributed by atoms with Crippen molar-refractivity contribution < 1.29 is 13.9 Å². The summed E-state index contributed by atoms with van der Waals surface area (Å²) in [5, 5.41) is 0. The van der Waals surface area contributed by atoms with Crippen molar-refractivity contribution in [2.75, 3.05) is 19.0 Å². The summed E-state index contributed by atoms with van der Waals surface area (Å²) in [7, 11) is 0. The number of halogens is 2. The molecule has 0 bridgehead atoms. The number of benzene rings is 1. The lowest BCUT2D eigenvalue weighted by Crippen LogP contribution is -2.07. The van der Waals surface area contributed by atoms with E-state index >= 15 is 0 Å². The molecule has 0 saturated carbocycles. The van der Waals surface area contributed by atoms with Crippen molar-refractivity contribution in [3.05, 3.63) is 22.2 Å². The van der Waals surface area contributed by atoms with Gasteiger partial charge >= 0.3 is 0 Å². The molecule has 15 heavy (non-hydrogen) atoms. The summed E-state index contributed by atoms with van der Waals surface area (Å²) in [6, 6.07) is 3.21. The van der Waals surface area contributed by atoms with E-state index in [2.05, 4.69) is 15.9 Å². The molecule has 0 aromatic heterocycles. The number of alkyl halides is 1. The zero-order valence-corrected chi connectivity index (χ0v) is 9.80. The summed E-state index contributed by atoms with van der Waals surface area (Å²) >= 11 is 3.22. The molecular formula is C10H11BrFNO2. The molecule has 0 aliphatic carbocycles. The number of hydrogen-bond acceptors (Lipinski definition) is 3. The molecule has 0 atom stereocenters. The summed E-state index contributed by atoms with van der Waals surface area (Å²) in [4.78, 5) is 11.3. The predicted octanol–water partition coefficient (Wildman–Crippen LogP) is 2.58. The fourth-order valence-corrected chi connectivity index (χ4v) is 1.65. The van der Waals surface area contributed by atoms with Crippen LogP contribution >= 0.6 is 15.9 Å². The summed E-state index contributed by atoms with van der Waals surface area (Å²) in [5.41, 5.74) is 6.35. The minimum Gasteiger partial charge on any atom is -0.488 e. The summed E-state index contributed by atoms with van der Waals surface area (Å²) < 4.78 is 17.7. The van der Waals surface area contributed by atoms with Crippen LogP contribution in [0, 0.1) is 0 Å². The first kappa shape index (κ1) is 12.0. The Balaban J connectivity index is 3.15. The van der Waals surface area contributed by atoms with Crippen LogP contribution in [0.1, 0.15) is 17.3 Å². The maximum atomic E-state index is 12.0. The molecular weight excluding hydrogens is 265 g/mol. The van der Waals surface area contributed by atoms with Crippen molar-refractivity contribution in [1.29, 1.82) is 0 Å². The van der Waals surface area contributed by atoms with Gasteiger partial charge in [0.05, 0.1) is 11.3 Å². The predicted molar refractivity (Wildman–Crippen MR) is 60.0 cm³/mol. The summed E-state index contributed by atoms with van der Waals surface area (Å²) in [5.74, 6) is 0.0835. The lowest BCUT2D eigenvalue weighted by molar-refractivity contribution is 0.101. The van der Waals surface area contributed by atoms with Gasteiger partial charge in [-0.1, -0.05) is 15.9 Å². The molecule has 82 valence electrons. The fraction of sp³-hybridized carbons (Fsp3) is 0.300. The molecule has 5 heteroatoms. The molecule has 0 saturated heterocycles. The highest BCUT2D eigenvalue weighted by Crippen LogP contribution is 2.31. The van der Waals surface area contributed by atoms with Crippen LogP contribution in [0.2, 0.25) is 0 Å². The fourth-order valence-electron chi connectivity index (χ4n) is 1.18.